The summed E-state index contributed by atoms with van der Waals surface area (Å²) < 4.78 is 6.78. The normalized spacial score (nSPS) is 12.2. The molecule has 0 aliphatic heterocycles. The number of rotatable bonds is 5. The SMILES string of the molecule is CC(N)Cc1ccc(OCc2ccccc2)c(Br)c1. The van der Waals surface area contributed by atoms with Crippen molar-refractivity contribution in [2.24, 2.45) is 5.73 Å². The molecule has 19 heavy (non-hydrogen) atoms. The topological polar surface area (TPSA) is 35.2 Å². The van der Waals surface area contributed by atoms with Crippen molar-refractivity contribution in [1.29, 1.82) is 0 Å². The summed E-state index contributed by atoms with van der Waals surface area (Å²) >= 11 is 3.54. The highest BCUT2D eigenvalue weighted by molar-refractivity contribution is 9.10. The summed E-state index contributed by atoms with van der Waals surface area (Å²) in [7, 11) is 0. The third kappa shape index (κ3) is 4.37. The van der Waals surface area contributed by atoms with Crippen molar-refractivity contribution in [1.82, 2.24) is 0 Å². The van der Waals surface area contributed by atoms with Gasteiger partial charge in [-0.25, -0.2) is 0 Å². The zero-order chi connectivity index (χ0) is 13.7. The number of halogens is 1. The molecule has 2 aromatic carbocycles. The molecule has 0 aliphatic carbocycles. The van der Waals surface area contributed by atoms with Gasteiger partial charge in [-0.1, -0.05) is 36.4 Å². The first-order valence-electron chi connectivity index (χ1n) is 6.36. The van der Waals surface area contributed by atoms with Crippen LogP contribution in [0.25, 0.3) is 0 Å². The van der Waals surface area contributed by atoms with E-state index in [1.165, 1.54) is 5.56 Å². The summed E-state index contributed by atoms with van der Waals surface area (Å²) in [6, 6.07) is 16.4. The number of nitrogens with two attached hydrogens (primary N) is 1. The highest BCUT2D eigenvalue weighted by atomic mass is 79.9. The molecule has 0 heterocycles. The van der Waals surface area contributed by atoms with Crippen LogP contribution < -0.4 is 10.5 Å². The molecule has 2 N–H and O–H groups in total. The minimum Gasteiger partial charge on any atom is -0.488 e. The predicted molar refractivity (Wildman–Crippen MR) is 82.3 cm³/mol. The van der Waals surface area contributed by atoms with E-state index in [4.69, 9.17) is 10.5 Å². The van der Waals surface area contributed by atoms with Crippen molar-refractivity contribution in [2.45, 2.75) is 26.0 Å². The summed E-state index contributed by atoms with van der Waals surface area (Å²) in [6.07, 6.45) is 0.873. The molecule has 2 rings (SSSR count). The van der Waals surface area contributed by atoms with E-state index in [-0.39, 0.29) is 6.04 Å². The van der Waals surface area contributed by atoms with E-state index >= 15 is 0 Å². The molecule has 0 bridgehead atoms. The van der Waals surface area contributed by atoms with Gasteiger partial charge < -0.3 is 10.5 Å². The highest BCUT2D eigenvalue weighted by Gasteiger charge is 2.05. The molecule has 1 unspecified atom stereocenters. The maximum Gasteiger partial charge on any atom is 0.134 e. The first-order valence-corrected chi connectivity index (χ1v) is 7.15. The Labute approximate surface area is 122 Å². The van der Waals surface area contributed by atoms with Crippen LogP contribution in [0.2, 0.25) is 0 Å². The highest BCUT2D eigenvalue weighted by Crippen LogP contribution is 2.27. The van der Waals surface area contributed by atoms with E-state index in [9.17, 15) is 0 Å². The van der Waals surface area contributed by atoms with Crippen molar-refractivity contribution in [3.05, 3.63) is 64.1 Å². The molecule has 2 aromatic rings. The summed E-state index contributed by atoms with van der Waals surface area (Å²) in [5.74, 6) is 0.859. The van der Waals surface area contributed by atoms with Gasteiger partial charge in [0.05, 0.1) is 4.47 Å². The quantitative estimate of drug-likeness (QED) is 0.906. The third-order valence-corrected chi connectivity index (χ3v) is 3.41. The van der Waals surface area contributed by atoms with Crippen LogP contribution in [0.4, 0.5) is 0 Å². The van der Waals surface area contributed by atoms with Crippen molar-refractivity contribution in [2.75, 3.05) is 0 Å². The monoisotopic (exact) mass is 319 g/mol. The summed E-state index contributed by atoms with van der Waals surface area (Å²) in [5, 5.41) is 0. The Balaban J connectivity index is 2.01. The van der Waals surface area contributed by atoms with Crippen LogP contribution in [-0.2, 0) is 13.0 Å². The molecule has 2 nitrogen and oxygen atoms in total. The van der Waals surface area contributed by atoms with E-state index in [2.05, 4.69) is 40.2 Å². The van der Waals surface area contributed by atoms with Crippen LogP contribution >= 0.6 is 15.9 Å². The molecule has 0 radical (unpaired) electrons. The second-order valence-electron chi connectivity index (χ2n) is 4.72. The van der Waals surface area contributed by atoms with E-state index in [1.54, 1.807) is 0 Å². The molecule has 0 saturated heterocycles. The average molecular weight is 320 g/mol. The van der Waals surface area contributed by atoms with Gasteiger partial charge in [0.1, 0.15) is 12.4 Å². The Hall–Kier alpha value is -1.32. The lowest BCUT2D eigenvalue weighted by molar-refractivity contribution is 0.304. The van der Waals surface area contributed by atoms with E-state index in [1.807, 2.05) is 31.2 Å². The lowest BCUT2D eigenvalue weighted by Gasteiger charge is -2.11. The van der Waals surface area contributed by atoms with Crippen LogP contribution in [0.5, 0.6) is 5.75 Å². The van der Waals surface area contributed by atoms with Crippen LogP contribution in [0.1, 0.15) is 18.1 Å². The van der Waals surface area contributed by atoms with Crippen LogP contribution in [0.3, 0.4) is 0 Å². The Bertz CT molecular complexity index is 526. The summed E-state index contributed by atoms with van der Waals surface area (Å²) in [5.41, 5.74) is 8.18. The van der Waals surface area contributed by atoms with Gasteiger partial charge in [0.2, 0.25) is 0 Å². The third-order valence-electron chi connectivity index (χ3n) is 2.79. The fraction of sp³-hybridized carbons (Fsp3) is 0.250. The van der Waals surface area contributed by atoms with E-state index in [0.29, 0.717) is 6.61 Å². The minimum atomic E-state index is 0.169. The van der Waals surface area contributed by atoms with Crippen molar-refractivity contribution < 1.29 is 4.74 Å². The molecule has 3 heteroatoms. The Kier molecular flexibility index (Phi) is 5.00. The van der Waals surface area contributed by atoms with Crippen molar-refractivity contribution in [3.8, 4) is 5.75 Å². The molecule has 0 aromatic heterocycles. The molecule has 1 atom stereocenters. The predicted octanol–water partition coefficient (Wildman–Crippen LogP) is 3.92. The van der Waals surface area contributed by atoms with Crippen LogP contribution in [-0.4, -0.2) is 6.04 Å². The summed E-state index contributed by atoms with van der Waals surface area (Å²) in [6.45, 7) is 2.58. The average Bonchev–Trinajstić information content (AvgIpc) is 2.38. The van der Waals surface area contributed by atoms with Gasteiger partial charge in [0.15, 0.2) is 0 Å². The zero-order valence-corrected chi connectivity index (χ0v) is 12.6. The van der Waals surface area contributed by atoms with E-state index in [0.717, 1.165) is 22.2 Å². The molecular formula is C16H18BrNO. The molecule has 0 fully saturated rings. The molecule has 100 valence electrons. The Morgan fingerprint density at radius 1 is 1.11 bits per heavy atom. The second-order valence-corrected chi connectivity index (χ2v) is 5.57. The lowest BCUT2D eigenvalue weighted by atomic mass is 10.1. The van der Waals surface area contributed by atoms with Crippen molar-refractivity contribution >= 4 is 15.9 Å². The standard InChI is InChI=1S/C16H18BrNO/c1-12(18)9-14-7-8-16(15(17)10-14)19-11-13-5-3-2-4-6-13/h2-8,10,12H,9,11,18H2,1H3. The Morgan fingerprint density at radius 3 is 2.47 bits per heavy atom. The van der Waals surface area contributed by atoms with Crippen molar-refractivity contribution in [3.63, 3.8) is 0 Å². The first kappa shape index (κ1) is 14.1. The molecule has 0 amide bonds. The molecule has 0 saturated carbocycles. The van der Waals surface area contributed by atoms with Gasteiger partial charge in [-0.05, 0) is 52.5 Å². The van der Waals surface area contributed by atoms with Gasteiger partial charge in [-0.3, -0.25) is 0 Å². The van der Waals surface area contributed by atoms with E-state index < -0.39 is 0 Å². The molecular weight excluding hydrogens is 302 g/mol. The summed E-state index contributed by atoms with van der Waals surface area (Å²) in [4.78, 5) is 0. The fourth-order valence-electron chi connectivity index (χ4n) is 1.90. The number of ether oxygens (including phenoxy) is 1. The second kappa shape index (κ2) is 6.73. The van der Waals surface area contributed by atoms with Crippen LogP contribution in [0.15, 0.2) is 53.0 Å². The lowest BCUT2D eigenvalue weighted by Crippen LogP contribution is -2.17. The zero-order valence-electron chi connectivity index (χ0n) is 11.0. The van der Waals surface area contributed by atoms with Gasteiger partial charge in [-0.2, -0.15) is 0 Å². The molecule has 0 aliphatic rings. The minimum absolute atomic E-state index is 0.169. The number of benzene rings is 2. The largest absolute Gasteiger partial charge is 0.488 e. The maximum atomic E-state index is 5.80. The van der Waals surface area contributed by atoms with Gasteiger partial charge in [0, 0.05) is 6.04 Å². The Morgan fingerprint density at radius 2 is 1.84 bits per heavy atom. The first-order chi connectivity index (χ1) is 9.15. The number of hydrogen-bond donors (Lipinski definition) is 1. The van der Waals surface area contributed by atoms with Gasteiger partial charge >= 0.3 is 0 Å². The van der Waals surface area contributed by atoms with Crippen LogP contribution in [0, 0.1) is 0 Å². The van der Waals surface area contributed by atoms with Gasteiger partial charge in [0.25, 0.3) is 0 Å². The number of hydrogen-bond acceptors (Lipinski definition) is 2. The maximum absolute atomic E-state index is 5.80. The fourth-order valence-corrected chi connectivity index (χ4v) is 2.44. The van der Waals surface area contributed by atoms with Gasteiger partial charge in [-0.15, -0.1) is 0 Å². The molecule has 0 spiro atoms. The smallest absolute Gasteiger partial charge is 0.134 e.